The van der Waals surface area contributed by atoms with Crippen LogP contribution in [0, 0.1) is 17.5 Å². The lowest BCUT2D eigenvalue weighted by atomic mass is 9.91. The Morgan fingerprint density at radius 1 is 1.05 bits per heavy atom. The summed E-state index contributed by atoms with van der Waals surface area (Å²) in [6.07, 6.45) is -0.248. The monoisotopic (exact) mass is 280 g/mol. The Hall–Kier alpha value is -2.30. The molecule has 5 heteroatoms. The van der Waals surface area contributed by atoms with E-state index in [2.05, 4.69) is 0 Å². The molecule has 0 bridgehead atoms. The fraction of sp³-hybridized carbons (Fsp3) is 0.133. The lowest BCUT2D eigenvalue weighted by Gasteiger charge is -2.14. The van der Waals surface area contributed by atoms with Crippen LogP contribution in [0.1, 0.15) is 17.0 Å². The summed E-state index contributed by atoms with van der Waals surface area (Å²) in [5.41, 5.74) is 0.00535. The van der Waals surface area contributed by atoms with E-state index in [9.17, 15) is 23.1 Å². The average Bonchev–Trinajstić information content (AvgIpc) is 2.39. The number of hydrogen-bond donors (Lipinski definition) is 1. The van der Waals surface area contributed by atoms with Crippen molar-refractivity contribution in [1.82, 2.24) is 0 Å². The molecule has 20 heavy (non-hydrogen) atoms. The topological polar surface area (TPSA) is 37.3 Å². The molecular weight excluding hydrogens is 269 g/mol. The van der Waals surface area contributed by atoms with Crippen molar-refractivity contribution in [2.45, 2.75) is 12.3 Å². The molecule has 104 valence electrons. The van der Waals surface area contributed by atoms with Gasteiger partial charge in [-0.2, -0.15) is 0 Å². The van der Waals surface area contributed by atoms with Gasteiger partial charge in [-0.25, -0.2) is 13.2 Å². The SMILES string of the molecule is O=C(O)C(Cc1ccc(F)cc1F)c1ccccc1F. The maximum atomic E-state index is 13.7. The number of hydrogen-bond acceptors (Lipinski definition) is 1. The highest BCUT2D eigenvalue weighted by atomic mass is 19.1. The number of halogens is 3. The first kappa shape index (κ1) is 14.1. The Bertz CT molecular complexity index is 641. The van der Waals surface area contributed by atoms with Crippen LogP contribution in [-0.4, -0.2) is 11.1 Å². The Morgan fingerprint density at radius 3 is 2.35 bits per heavy atom. The molecule has 2 rings (SSSR count). The van der Waals surface area contributed by atoms with Crippen LogP contribution in [0.4, 0.5) is 13.2 Å². The normalized spacial score (nSPS) is 12.2. The lowest BCUT2D eigenvalue weighted by Crippen LogP contribution is -2.16. The van der Waals surface area contributed by atoms with Crippen LogP contribution >= 0.6 is 0 Å². The molecule has 0 saturated heterocycles. The van der Waals surface area contributed by atoms with Crippen molar-refractivity contribution in [2.24, 2.45) is 0 Å². The van der Waals surface area contributed by atoms with Crippen molar-refractivity contribution in [3.05, 3.63) is 71.0 Å². The van der Waals surface area contributed by atoms with Gasteiger partial charge in [0.15, 0.2) is 0 Å². The predicted octanol–water partition coefficient (Wildman–Crippen LogP) is 3.51. The third kappa shape index (κ3) is 2.99. The highest BCUT2D eigenvalue weighted by Crippen LogP contribution is 2.25. The minimum absolute atomic E-state index is 0.0243. The average molecular weight is 280 g/mol. The van der Waals surface area contributed by atoms with Gasteiger partial charge in [0, 0.05) is 11.6 Å². The van der Waals surface area contributed by atoms with Crippen LogP contribution in [0.2, 0.25) is 0 Å². The van der Waals surface area contributed by atoms with E-state index in [-0.39, 0.29) is 17.5 Å². The van der Waals surface area contributed by atoms with Gasteiger partial charge in [-0.1, -0.05) is 24.3 Å². The molecule has 0 aliphatic carbocycles. The molecular formula is C15H11F3O2. The van der Waals surface area contributed by atoms with E-state index in [0.29, 0.717) is 6.07 Å². The van der Waals surface area contributed by atoms with Crippen molar-refractivity contribution >= 4 is 5.97 Å². The van der Waals surface area contributed by atoms with Gasteiger partial charge < -0.3 is 5.11 Å². The molecule has 1 unspecified atom stereocenters. The van der Waals surface area contributed by atoms with Crippen molar-refractivity contribution in [3.63, 3.8) is 0 Å². The molecule has 1 N–H and O–H groups in total. The minimum atomic E-state index is -1.26. The zero-order valence-corrected chi connectivity index (χ0v) is 10.3. The summed E-state index contributed by atoms with van der Waals surface area (Å²) >= 11 is 0. The summed E-state index contributed by atoms with van der Waals surface area (Å²) in [6.45, 7) is 0. The van der Waals surface area contributed by atoms with E-state index in [1.54, 1.807) is 0 Å². The number of rotatable bonds is 4. The van der Waals surface area contributed by atoms with Gasteiger partial charge in [-0.15, -0.1) is 0 Å². The van der Waals surface area contributed by atoms with Gasteiger partial charge in [-0.05, 0) is 24.1 Å². The lowest BCUT2D eigenvalue weighted by molar-refractivity contribution is -0.138. The first-order valence-electron chi connectivity index (χ1n) is 5.90. The van der Waals surface area contributed by atoms with E-state index in [1.807, 2.05) is 0 Å². The fourth-order valence-electron chi connectivity index (χ4n) is 2.00. The standard InChI is InChI=1S/C15H11F3O2/c16-10-6-5-9(14(18)8-10)7-12(15(19)20)11-3-1-2-4-13(11)17/h1-6,8,12H,7H2,(H,19,20). The van der Waals surface area contributed by atoms with Crippen LogP contribution < -0.4 is 0 Å². The van der Waals surface area contributed by atoms with Crippen molar-refractivity contribution < 1.29 is 23.1 Å². The van der Waals surface area contributed by atoms with E-state index in [1.165, 1.54) is 24.3 Å². The van der Waals surface area contributed by atoms with E-state index >= 15 is 0 Å². The Kier molecular flexibility index (Phi) is 4.08. The third-order valence-electron chi connectivity index (χ3n) is 3.02. The molecule has 0 radical (unpaired) electrons. The van der Waals surface area contributed by atoms with Crippen molar-refractivity contribution in [2.75, 3.05) is 0 Å². The quantitative estimate of drug-likeness (QED) is 0.930. The molecule has 0 heterocycles. The Labute approximate surface area is 113 Å². The predicted molar refractivity (Wildman–Crippen MR) is 66.8 cm³/mol. The highest BCUT2D eigenvalue weighted by Gasteiger charge is 2.24. The second-order valence-electron chi connectivity index (χ2n) is 4.35. The summed E-state index contributed by atoms with van der Waals surface area (Å²) in [5, 5.41) is 9.19. The van der Waals surface area contributed by atoms with Gasteiger partial charge in [0.05, 0.1) is 5.92 Å². The smallest absolute Gasteiger partial charge is 0.311 e. The number of carboxylic acids is 1. The van der Waals surface area contributed by atoms with Crippen LogP contribution in [0.5, 0.6) is 0 Å². The van der Waals surface area contributed by atoms with Crippen LogP contribution in [0.25, 0.3) is 0 Å². The molecule has 0 aliphatic heterocycles. The second-order valence-corrected chi connectivity index (χ2v) is 4.35. The zero-order valence-electron chi connectivity index (χ0n) is 10.3. The zero-order chi connectivity index (χ0) is 14.7. The van der Waals surface area contributed by atoms with Crippen molar-refractivity contribution in [1.29, 1.82) is 0 Å². The number of aliphatic carboxylic acids is 1. The van der Waals surface area contributed by atoms with Gasteiger partial charge in [0.2, 0.25) is 0 Å². The van der Waals surface area contributed by atoms with E-state index in [4.69, 9.17) is 0 Å². The summed E-state index contributed by atoms with van der Waals surface area (Å²) in [6, 6.07) is 8.32. The number of benzene rings is 2. The van der Waals surface area contributed by atoms with E-state index in [0.717, 1.165) is 12.1 Å². The summed E-state index contributed by atoms with van der Waals surface area (Å²) in [4.78, 5) is 11.3. The molecule has 0 amide bonds. The summed E-state index contributed by atoms with van der Waals surface area (Å²) < 4.78 is 40.0. The fourth-order valence-corrected chi connectivity index (χ4v) is 2.00. The first-order valence-corrected chi connectivity index (χ1v) is 5.90. The molecule has 0 saturated carbocycles. The van der Waals surface area contributed by atoms with E-state index < -0.39 is 29.3 Å². The molecule has 2 aromatic carbocycles. The van der Waals surface area contributed by atoms with Gasteiger partial charge in [-0.3, -0.25) is 4.79 Å². The Morgan fingerprint density at radius 2 is 1.75 bits per heavy atom. The minimum Gasteiger partial charge on any atom is -0.481 e. The molecule has 2 nitrogen and oxygen atoms in total. The number of carbonyl (C=O) groups is 1. The van der Waals surface area contributed by atoms with Gasteiger partial charge in [0.25, 0.3) is 0 Å². The molecule has 0 aromatic heterocycles. The molecule has 2 aromatic rings. The van der Waals surface area contributed by atoms with Gasteiger partial charge >= 0.3 is 5.97 Å². The summed E-state index contributed by atoms with van der Waals surface area (Å²) in [7, 11) is 0. The molecule has 0 fully saturated rings. The molecule has 1 atom stereocenters. The highest BCUT2D eigenvalue weighted by molar-refractivity contribution is 5.76. The first-order chi connectivity index (χ1) is 9.49. The Balaban J connectivity index is 2.36. The number of carboxylic acid groups (broad SMARTS) is 1. The van der Waals surface area contributed by atoms with Crippen LogP contribution in [-0.2, 0) is 11.2 Å². The van der Waals surface area contributed by atoms with Gasteiger partial charge in [0.1, 0.15) is 17.5 Å². The van der Waals surface area contributed by atoms with Crippen LogP contribution in [0.15, 0.2) is 42.5 Å². The largest absolute Gasteiger partial charge is 0.481 e. The third-order valence-corrected chi connectivity index (χ3v) is 3.02. The maximum absolute atomic E-state index is 13.7. The van der Waals surface area contributed by atoms with Crippen molar-refractivity contribution in [3.8, 4) is 0 Å². The summed E-state index contributed by atoms with van der Waals surface area (Å²) in [5.74, 6) is -4.74. The second kappa shape index (κ2) is 5.77. The maximum Gasteiger partial charge on any atom is 0.311 e. The van der Waals surface area contributed by atoms with Crippen LogP contribution in [0.3, 0.4) is 0 Å². The molecule has 0 spiro atoms. The molecule has 0 aliphatic rings.